The zero-order valence-corrected chi connectivity index (χ0v) is 70.9. The fourth-order valence-corrected chi connectivity index (χ4v) is 19.7. The third-order valence-electron chi connectivity index (χ3n) is 25.8. The van der Waals surface area contributed by atoms with Crippen molar-refractivity contribution in [3.8, 4) is 100 Å². The van der Waals surface area contributed by atoms with Crippen molar-refractivity contribution >= 4 is 132 Å². The number of fused-ring (bicyclic) bond motifs is 13. The molecule has 0 aliphatic heterocycles. The Morgan fingerprint density at radius 1 is 0.154 bits per heavy atom. The maximum atomic E-state index is 6.74. The van der Waals surface area contributed by atoms with Gasteiger partial charge in [0.25, 0.3) is 0 Å². The molecule has 0 saturated heterocycles. The molecule has 610 valence electrons. The quantitative estimate of drug-likeness (QED) is 0.0967. The Hall–Kier alpha value is -17.3. The number of hydrogen-bond donors (Lipinski definition) is 0. The minimum Gasteiger partial charge on any atom is -0.456 e. The molecule has 0 radical (unpaired) electrons. The molecular weight excluding hydrogens is 1580 g/mol. The van der Waals surface area contributed by atoms with Crippen LogP contribution in [0.25, 0.3) is 199 Å². The van der Waals surface area contributed by atoms with Gasteiger partial charge in [0.05, 0.1) is 22.1 Å². The van der Waals surface area contributed by atoms with Crippen LogP contribution in [0.3, 0.4) is 0 Å². The highest BCUT2D eigenvalue weighted by molar-refractivity contribution is 6.20. The minimum atomic E-state index is 0.866. The van der Waals surface area contributed by atoms with E-state index in [1.165, 1.54) is 82.2 Å². The third kappa shape index (κ3) is 13.8. The number of nitrogens with zero attached hydrogens (tertiary/aromatic N) is 4. The van der Waals surface area contributed by atoms with Crippen molar-refractivity contribution in [3.05, 3.63) is 497 Å². The van der Waals surface area contributed by atoms with Gasteiger partial charge in [0, 0.05) is 88.6 Å². The maximum Gasteiger partial charge on any atom is 0.136 e. The van der Waals surface area contributed by atoms with Crippen molar-refractivity contribution in [1.29, 1.82) is 0 Å². The number of benzene rings is 21. The number of furan rings is 2. The van der Waals surface area contributed by atoms with Gasteiger partial charge in [-0.05, 0) is 264 Å². The molecule has 0 spiro atoms. The monoisotopic (exact) mass is 1660 g/mol. The molecule has 0 aliphatic rings. The van der Waals surface area contributed by atoms with Crippen LogP contribution < -0.4 is 9.80 Å². The van der Waals surface area contributed by atoms with E-state index >= 15 is 0 Å². The highest BCUT2D eigenvalue weighted by Gasteiger charge is 2.24. The molecule has 0 aliphatic carbocycles. The van der Waals surface area contributed by atoms with Crippen molar-refractivity contribution in [2.75, 3.05) is 9.80 Å². The van der Waals surface area contributed by atoms with Gasteiger partial charge in [0.1, 0.15) is 22.3 Å². The maximum absolute atomic E-state index is 6.74. The van der Waals surface area contributed by atoms with Crippen LogP contribution in [-0.4, -0.2) is 9.13 Å². The van der Waals surface area contributed by atoms with E-state index in [1.807, 2.05) is 0 Å². The SMILES string of the molecule is c1ccc(-c2ccc(N(c3ccccc3)c3cccc(-c4cccc(-c5cccc6oc7cccc(-c8ccccc8-c8ccc9c%10ccccc%10n(-c%10ccccc%10)c9c8)c7c56)c4)c3)cc2)cc1.c1ccc(N(c2ccc(-c3ccc4oc5cccc(-c6cccc(-c7ccc8c9ccccc9n(-c9ccccc9)c8c7)c6)c5c4c3)cc2)c2ccc3ccccc3c2)cc1. The van der Waals surface area contributed by atoms with Gasteiger partial charge in [0.15, 0.2) is 0 Å². The summed E-state index contributed by atoms with van der Waals surface area (Å²) in [5, 5.41) is 11.9. The summed E-state index contributed by atoms with van der Waals surface area (Å²) in [6.45, 7) is 0. The Bertz CT molecular complexity index is 8590. The lowest BCUT2D eigenvalue weighted by Gasteiger charge is -2.26. The first-order chi connectivity index (χ1) is 64.5. The predicted molar refractivity (Wildman–Crippen MR) is 546 cm³/mol. The van der Waals surface area contributed by atoms with Gasteiger partial charge in [-0.15, -0.1) is 0 Å². The van der Waals surface area contributed by atoms with E-state index < -0.39 is 0 Å². The first-order valence-electron chi connectivity index (χ1n) is 44.4. The van der Waals surface area contributed by atoms with Gasteiger partial charge in [-0.1, -0.05) is 334 Å². The van der Waals surface area contributed by atoms with Crippen molar-refractivity contribution in [3.63, 3.8) is 0 Å². The van der Waals surface area contributed by atoms with Gasteiger partial charge in [-0.2, -0.15) is 0 Å². The second-order valence-electron chi connectivity index (χ2n) is 33.4. The van der Waals surface area contributed by atoms with Gasteiger partial charge >= 0.3 is 0 Å². The molecule has 130 heavy (non-hydrogen) atoms. The van der Waals surface area contributed by atoms with E-state index in [9.17, 15) is 0 Å². The van der Waals surface area contributed by atoms with Crippen LogP contribution >= 0.6 is 0 Å². The summed E-state index contributed by atoms with van der Waals surface area (Å²) in [5.74, 6) is 0. The zero-order chi connectivity index (χ0) is 86.0. The Kier molecular flexibility index (Phi) is 19.2. The van der Waals surface area contributed by atoms with E-state index in [0.717, 1.165) is 151 Å². The number of anilines is 6. The smallest absolute Gasteiger partial charge is 0.136 e. The molecule has 4 aromatic heterocycles. The predicted octanol–water partition coefficient (Wildman–Crippen LogP) is 34.8. The summed E-state index contributed by atoms with van der Waals surface area (Å²) in [6, 6.07) is 179. The van der Waals surface area contributed by atoms with E-state index in [4.69, 9.17) is 8.83 Å². The molecule has 0 atom stereocenters. The molecule has 0 fully saturated rings. The van der Waals surface area contributed by atoms with Crippen LogP contribution in [-0.2, 0) is 0 Å². The van der Waals surface area contributed by atoms with Crippen LogP contribution in [0.15, 0.2) is 506 Å². The zero-order valence-electron chi connectivity index (χ0n) is 70.9. The van der Waals surface area contributed by atoms with E-state index in [2.05, 4.69) is 516 Å². The summed E-state index contributed by atoms with van der Waals surface area (Å²) >= 11 is 0. The molecule has 21 aromatic carbocycles. The number of para-hydroxylation sites is 6. The Morgan fingerprint density at radius 2 is 0.492 bits per heavy atom. The van der Waals surface area contributed by atoms with Crippen molar-refractivity contribution in [1.82, 2.24) is 9.13 Å². The van der Waals surface area contributed by atoms with Crippen LogP contribution in [0.2, 0.25) is 0 Å². The lowest BCUT2D eigenvalue weighted by Crippen LogP contribution is -2.09. The summed E-state index contributed by atoms with van der Waals surface area (Å²) < 4.78 is 18.0. The molecule has 6 nitrogen and oxygen atoms in total. The van der Waals surface area contributed by atoms with Crippen LogP contribution in [0.5, 0.6) is 0 Å². The van der Waals surface area contributed by atoms with Crippen molar-refractivity contribution < 1.29 is 8.83 Å². The van der Waals surface area contributed by atoms with Crippen LogP contribution in [0.1, 0.15) is 0 Å². The first kappa shape index (κ1) is 76.3. The normalized spacial score (nSPS) is 11.5. The Balaban J connectivity index is 0.000000145. The average Bonchev–Trinajstić information content (AvgIpc) is 2.19. The molecule has 0 saturated carbocycles. The number of aromatic nitrogens is 2. The van der Waals surface area contributed by atoms with Gasteiger partial charge < -0.3 is 27.8 Å². The molecule has 25 aromatic rings. The molecule has 6 heteroatoms. The molecule has 4 heterocycles. The fourth-order valence-electron chi connectivity index (χ4n) is 19.7. The van der Waals surface area contributed by atoms with E-state index in [1.54, 1.807) is 0 Å². The number of hydrogen-bond acceptors (Lipinski definition) is 4. The number of rotatable bonds is 16. The summed E-state index contributed by atoms with van der Waals surface area (Å²) in [5.41, 5.74) is 35.7. The lowest BCUT2D eigenvalue weighted by molar-refractivity contribution is 0.668. The second kappa shape index (κ2) is 32.7. The second-order valence-corrected chi connectivity index (χ2v) is 33.4. The lowest BCUT2D eigenvalue weighted by atomic mass is 9.89. The van der Waals surface area contributed by atoms with Crippen molar-refractivity contribution in [2.45, 2.75) is 0 Å². The standard InChI is InChI=1S/C66H44N2O.C58H38N2O/c1-4-18-45(19-5-1)46-36-39-53(40-37-46)67(51-23-6-2-7-24-51)54-27-15-21-48(43-54)47-20-14-22-49(42-47)56-31-16-34-63-65(56)66-60(32-17-35-64(66)69-63)57-29-11-10-28-55(57)50-38-41-59-58-30-12-13-33-61(58)68(62(59)44-50)52-25-8-3-9-26-52;1-3-17-46(18-4-1)59(49-32-27-39-13-7-8-14-42(39)36-49)48-30-25-40(26-31-48)43-29-34-56-53(37-43)58-50(22-12-24-57(58)61-56)45-16-11-15-41(35-45)44-28-33-52-51-21-9-10-23-54(51)60(55(52)38-44)47-19-5-2-6-20-47/h1-44H;1-38H. The van der Waals surface area contributed by atoms with Gasteiger partial charge in [-0.3, -0.25) is 0 Å². The fraction of sp³-hybridized carbons (Fsp3) is 0. The third-order valence-corrected chi connectivity index (χ3v) is 25.8. The van der Waals surface area contributed by atoms with Crippen LogP contribution in [0.4, 0.5) is 34.1 Å². The minimum absolute atomic E-state index is 0.866. The van der Waals surface area contributed by atoms with E-state index in [-0.39, 0.29) is 0 Å². The molecule has 0 amide bonds. The van der Waals surface area contributed by atoms with Gasteiger partial charge in [0.2, 0.25) is 0 Å². The topological polar surface area (TPSA) is 42.6 Å². The summed E-state index contributed by atoms with van der Waals surface area (Å²) in [7, 11) is 0. The Morgan fingerprint density at radius 3 is 1.08 bits per heavy atom. The first-order valence-corrected chi connectivity index (χ1v) is 44.4. The average molecular weight is 1660 g/mol. The highest BCUT2D eigenvalue weighted by atomic mass is 16.3. The summed E-state index contributed by atoms with van der Waals surface area (Å²) in [6.07, 6.45) is 0. The molecule has 25 rings (SSSR count). The molecule has 0 bridgehead atoms. The molecule has 0 unspecified atom stereocenters. The molecule has 0 N–H and O–H groups in total. The van der Waals surface area contributed by atoms with Gasteiger partial charge in [-0.25, -0.2) is 0 Å². The van der Waals surface area contributed by atoms with Crippen LogP contribution in [0, 0.1) is 0 Å². The Labute approximate surface area is 752 Å². The highest BCUT2D eigenvalue weighted by Crippen LogP contribution is 2.49. The molecular formula is C124H82N4O2. The van der Waals surface area contributed by atoms with E-state index in [0.29, 0.717) is 0 Å². The van der Waals surface area contributed by atoms with Crippen molar-refractivity contribution in [2.24, 2.45) is 0 Å². The largest absolute Gasteiger partial charge is 0.456 e. The summed E-state index contributed by atoms with van der Waals surface area (Å²) in [4.78, 5) is 4.66.